The lowest BCUT2D eigenvalue weighted by Crippen LogP contribution is -2.29. The maximum atomic E-state index is 12.0. The minimum atomic E-state index is -0.587. The summed E-state index contributed by atoms with van der Waals surface area (Å²) in [4.78, 5) is 35.4. The fraction of sp³-hybridized carbons (Fsp3) is 0.308. The van der Waals surface area contributed by atoms with E-state index in [1.54, 1.807) is 32.9 Å². The van der Waals surface area contributed by atoms with Crippen molar-refractivity contribution in [2.45, 2.75) is 20.8 Å². The molecule has 100 valence electrons. The van der Waals surface area contributed by atoms with Crippen molar-refractivity contribution in [1.82, 2.24) is 10.2 Å². The number of benzene rings is 1. The summed E-state index contributed by atoms with van der Waals surface area (Å²) in [6.07, 6.45) is 0. The highest BCUT2D eigenvalue weighted by Gasteiger charge is 2.22. The Morgan fingerprint density at radius 2 is 1.74 bits per heavy atom. The summed E-state index contributed by atoms with van der Waals surface area (Å²) in [5.41, 5.74) is -1.10. The van der Waals surface area contributed by atoms with E-state index in [1.807, 2.05) is 0 Å². The second-order valence-electron chi connectivity index (χ2n) is 5.34. The van der Waals surface area contributed by atoms with Gasteiger partial charge in [-0.25, -0.2) is 0 Å². The van der Waals surface area contributed by atoms with Gasteiger partial charge in [0, 0.05) is 5.41 Å². The first-order chi connectivity index (χ1) is 8.80. The molecule has 1 heterocycles. The number of hydrogen-bond acceptors (Lipinski definition) is 3. The van der Waals surface area contributed by atoms with Gasteiger partial charge in [-0.2, -0.15) is 0 Å². The Bertz CT molecular complexity index is 750. The van der Waals surface area contributed by atoms with E-state index in [2.05, 4.69) is 15.5 Å². The number of anilines is 1. The summed E-state index contributed by atoms with van der Waals surface area (Å²) >= 11 is 0. The summed E-state index contributed by atoms with van der Waals surface area (Å²) in [5, 5.41) is 7.61. The number of rotatable bonds is 1. The Morgan fingerprint density at radius 1 is 1.11 bits per heavy atom. The molecule has 0 spiro atoms. The van der Waals surface area contributed by atoms with E-state index in [4.69, 9.17) is 0 Å². The van der Waals surface area contributed by atoms with Crippen LogP contribution in [-0.4, -0.2) is 16.1 Å². The van der Waals surface area contributed by atoms with Crippen LogP contribution in [0.25, 0.3) is 10.8 Å². The Balaban J connectivity index is 2.63. The fourth-order valence-electron chi connectivity index (χ4n) is 1.64. The van der Waals surface area contributed by atoms with Crippen LogP contribution >= 0.6 is 0 Å². The van der Waals surface area contributed by atoms with Crippen LogP contribution in [0.1, 0.15) is 20.8 Å². The third-order valence-electron chi connectivity index (χ3n) is 2.76. The van der Waals surface area contributed by atoms with E-state index < -0.39 is 16.5 Å². The SMILES string of the molecule is CC(C)(C)C(=O)Nc1cccc2c(=O)[nH][nH]c(=O)c12. The lowest BCUT2D eigenvalue weighted by atomic mass is 9.95. The van der Waals surface area contributed by atoms with Crippen molar-refractivity contribution in [2.24, 2.45) is 5.41 Å². The summed E-state index contributed by atoms with van der Waals surface area (Å²) in [6, 6.07) is 4.76. The van der Waals surface area contributed by atoms with Gasteiger partial charge in [0.15, 0.2) is 0 Å². The molecule has 0 aliphatic heterocycles. The molecule has 2 rings (SSSR count). The van der Waals surface area contributed by atoms with Crippen LogP contribution in [0.15, 0.2) is 27.8 Å². The van der Waals surface area contributed by atoms with Crippen molar-refractivity contribution in [1.29, 1.82) is 0 Å². The number of aromatic amines is 2. The van der Waals surface area contributed by atoms with E-state index in [0.29, 0.717) is 5.69 Å². The highest BCUT2D eigenvalue weighted by Crippen LogP contribution is 2.21. The fourth-order valence-corrected chi connectivity index (χ4v) is 1.64. The Morgan fingerprint density at radius 3 is 2.37 bits per heavy atom. The number of aromatic nitrogens is 2. The highest BCUT2D eigenvalue weighted by atomic mass is 16.2. The minimum Gasteiger partial charge on any atom is -0.325 e. The van der Waals surface area contributed by atoms with Crippen LogP contribution in [0.2, 0.25) is 0 Å². The van der Waals surface area contributed by atoms with Crippen LogP contribution in [0.4, 0.5) is 5.69 Å². The Hall–Kier alpha value is -2.37. The minimum absolute atomic E-state index is 0.184. The number of carbonyl (C=O) groups excluding carboxylic acids is 1. The molecule has 1 aromatic carbocycles. The summed E-state index contributed by atoms with van der Waals surface area (Å²) in [7, 11) is 0. The van der Waals surface area contributed by atoms with Gasteiger partial charge in [0.1, 0.15) is 0 Å². The molecule has 6 heteroatoms. The van der Waals surface area contributed by atoms with Gasteiger partial charge in [0.25, 0.3) is 11.1 Å². The average molecular weight is 261 g/mol. The first-order valence-corrected chi connectivity index (χ1v) is 5.86. The molecule has 0 saturated heterocycles. The van der Waals surface area contributed by atoms with E-state index in [9.17, 15) is 14.4 Å². The van der Waals surface area contributed by atoms with E-state index in [-0.39, 0.29) is 16.7 Å². The average Bonchev–Trinajstić information content (AvgIpc) is 2.33. The zero-order valence-corrected chi connectivity index (χ0v) is 11.0. The lowest BCUT2D eigenvalue weighted by molar-refractivity contribution is -0.123. The van der Waals surface area contributed by atoms with Gasteiger partial charge in [0.2, 0.25) is 5.91 Å². The number of H-pyrrole nitrogens is 2. The highest BCUT2D eigenvalue weighted by molar-refractivity contribution is 6.03. The van der Waals surface area contributed by atoms with Gasteiger partial charge in [-0.15, -0.1) is 0 Å². The molecular formula is C13H15N3O3. The first-order valence-electron chi connectivity index (χ1n) is 5.86. The largest absolute Gasteiger partial charge is 0.325 e. The molecule has 0 aliphatic rings. The summed E-state index contributed by atoms with van der Waals surface area (Å²) in [6.45, 7) is 5.31. The standard InChI is InChI=1S/C13H15N3O3/c1-13(2,3)12(19)14-8-6-4-5-7-9(8)11(18)16-15-10(7)17/h4-6H,1-3H3,(H,14,19)(H,15,17)(H,16,18). The predicted molar refractivity (Wildman–Crippen MR) is 73.3 cm³/mol. The number of fused-ring (bicyclic) bond motifs is 1. The van der Waals surface area contributed by atoms with Crippen molar-refractivity contribution in [2.75, 3.05) is 5.32 Å². The van der Waals surface area contributed by atoms with Crippen molar-refractivity contribution in [3.05, 3.63) is 38.9 Å². The number of amides is 1. The molecule has 0 bridgehead atoms. The monoisotopic (exact) mass is 261 g/mol. The predicted octanol–water partition coefficient (Wildman–Crippen LogP) is 1.20. The molecule has 0 saturated carbocycles. The van der Waals surface area contributed by atoms with Gasteiger partial charge >= 0.3 is 0 Å². The molecule has 0 atom stereocenters. The van der Waals surface area contributed by atoms with Gasteiger partial charge in [0.05, 0.1) is 16.5 Å². The zero-order chi connectivity index (χ0) is 14.2. The smallest absolute Gasteiger partial charge is 0.272 e. The van der Waals surface area contributed by atoms with E-state index in [1.165, 1.54) is 6.07 Å². The van der Waals surface area contributed by atoms with Crippen LogP contribution in [0.3, 0.4) is 0 Å². The van der Waals surface area contributed by atoms with Crippen LogP contribution in [-0.2, 0) is 4.79 Å². The van der Waals surface area contributed by atoms with E-state index in [0.717, 1.165) is 0 Å². The van der Waals surface area contributed by atoms with Crippen molar-refractivity contribution >= 4 is 22.4 Å². The summed E-state index contributed by atoms with van der Waals surface area (Å²) < 4.78 is 0. The maximum absolute atomic E-state index is 12.0. The molecule has 1 amide bonds. The second kappa shape index (κ2) is 4.38. The second-order valence-corrected chi connectivity index (χ2v) is 5.34. The molecule has 6 nitrogen and oxygen atoms in total. The Labute approximate surface area is 108 Å². The third-order valence-corrected chi connectivity index (χ3v) is 2.76. The normalized spacial score (nSPS) is 11.5. The number of carbonyl (C=O) groups is 1. The molecule has 0 aliphatic carbocycles. The lowest BCUT2D eigenvalue weighted by Gasteiger charge is -2.18. The van der Waals surface area contributed by atoms with Crippen molar-refractivity contribution < 1.29 is 4.79 Å². The van der Waals surface area contributed by atoms with Gasteiger partial charge in [-0.3, -0.25) is 24.6 Å². The topological polar surface area (TPSA) is 94.8 Å². The molecule has 3 N–H and O–H groups in total. The molecule has 2 aromatic rings. The molecule has 19 heavy (non-hydrogen) atoms. The quantitative estimate of drug-likeness (QED) is 0.719. The summed E-state index contributed by atoms with van der Waals surface area (Å²) in [5.74, 6) is -0.223. The van der Waals surface area contributed by atoms with Crippen LogP contribution < -0.4 is 16.4 Å². The zero-order valence-electron chi connectivity index (χ0n) is 11.0. The third kappa shape index (κ3) is 2.42. The number of nitrogens with one attached hydrogen (secondary N) is 3. The maximum Gasteiger partial charge on any atom is 0.272 e. The first kappa shape index (κ1) is 13.1. The van der Waals surface area contributed by atoms with E-state index >= 15 is 0 Å². The molecule has 0 radical (unpaired) electrons. The van der Waals surface area contributed by atoms with Gasteiger partial charge in [-0.05, 0) is 12.1 Å². The van der Waals surface area contributed by atoms with Gasteiger partial charge < -0.3 is 5.32 Å². The molecule has 0 unspecified atom stereocenters. The molecule has 1 aromatic heterocycles. The van der Waals surface area contributed by atoms with Crippen LogP contribution in [0.5, 0.6) is 0 Å². The van der Waals surface area contributed by atoms with Crippen molar-refractivity contribution in [3.8, 4) is 0 Å². The van der Waals surface area contributed by atoms with Crippen LogP contribution in [0, 0.1) is 5.41 Å². The molecular weight excluding hydrogens is 246 g/mol. The van der Waals surface area contributed by atoms with Crippen molar-refractivity contribution in [3.63, 3.8) is 0 Å². The number of hydrogen-bond donors (Lipinski definition) is 3. The molecule has 0 fully saturated rings. The van der Waals surface area contributed by atoms with Gasteiger partial charge in [-0.1, -0.05) is 26.8 Å². The Kier molecular flexibility index (Phi) is 3.01.